The van der Waals surface area contributed by atoms with E-state index in [1.807, 2.05) is 18.2 Å². The van der Waals surface area contributed by atoms with Crippen molar-refractivity contribution in [3.63, 3.8) is 0 Å². The van der Waals surface area contributed by atoms with E-state index in [9.17, 15) is 5.11 Å². The molecule has 0 saturated heterocycles. The first-order valence-electron chi connectivity index (χ1n) is 7.20. The van der Waals surface area contributed by atoms with Gasteiger partial charge in [-0.2, -0.15) is 0 Å². The first-order chi connectivity index (χ1) is 9.68. The molecule has 0 spiro atoms. The van der Waals surface area contributed by atoms with E-state index in [4.69, 9.17) is 0 Å². The molecule has 1 unspecified atom stereocenters. The molecule has 0 aliphatic heterocycles. The summed E-state index contributed by atoms with van der Waals surface area (Å²) in [4.78, 5) is 0. The van der Waals surface area contributed by atoms with Crippen LogP contribution in [0.1, 0.15) is 53.5 Å². The molecule has 0 heterocycles. The summed E-state index contributed by atoms with van der Waals surface area (Å²) in [6, 6.07) is 14.5. The summed E-state index contributed by atoms with van der Waals surface area (Å²) in [6.45, 7) is 2.09. The maximum atomic E-state index is 10.8. The Balaban J connectivity index is 2.02. The molecule has 1 nitrogen and oxygen atoms in total. The molecule has 0 bridgehead atoms. The van der Waals surface area contributed by atoms with Crippen LogP contribution in [0.3, 0.4) is 0 Å². The average molecular weight is 378 g/mol. The van der Waals surface area contributed by atoms with Gasteiger partial charge in [0.25, 0.3) is 0 Å². The van der Waals surface area contributed by atoms with Crippen LogP contribution in [0.2, 0.25) is 0 Å². The van der Waals surface area contributed by atoms with E-state index in [1.165, 1.54) is 34.0 Å². The summed E-state index contributed by atoms with van der Waals surface area (Å²) < 4.78 is 1.17. The minimum absolute atomic E-state index is 0.515. The van der Waals surface area contributed by atoms with E-state index in [-0.39, 0.29) is 0 Å². The van der Waals surface area contributed by atoms with Crippen molar-refractivity contribution < 1.29 is 5.11 Å². The lowest BCUT2D eigenvalue weighted by Gasteiger charge is -2.29. The Morgan fingerprint density at radius 3 is 2.45 bits per heavy atom. The summed E-state index contributed by atoms with van der Waals surface area (Å²) in [5.41, 5.74) is 4.67. The maximum Gasteiger partial charge on any atom is 0.105 e. The minimum Gasteiger partial charge on any atom is -0.384 e. The number of hydrogen-bond acceptors (Lipinski definition) is 1. The van der Waals surface area contributed by atoms with Gasteiger partial charge in [0.15, 0.2) is 0 Å². The van der Waals surface area contributed by atoms with E-state index in [2.05, 4.69) is 53.8 Å². The third kappa shape index (κ3) is 2.51. The Morgan fingerprint density at radius 2 is 1.75 bits per heavy atom. The maximum absolute atomic E-state index is 10.8. The number of hydrogen-bond donors (Lipinski definition) is 1. The van der Waals surface area contributed by atoms with Gasteiger partial charge >= 0.3 is 0 Å². The molecular weight excluding hydrogens is 359 g/mol. The SMILES string of the molecule is Cc1cccc(C(O)c2ccccc2C2CCC2)c1I. The predicted octanol–water partition coefficient (Wildman–Crippen LogP) is 4.95. The van der Waals surface area contributed by atoms with Gasteiger partial charge in [0.1, 0.15) is 6.10 Å². The topological polar surface area (TPSA) is 20.2 Å². The number of rotatable bonds is 3. The van der Waals surface area contributed by atoms with E-state index < -0.39 is 6.10 Å². The van der Waals surface area contributed by atoms with Crippen LogP contribution in [0, 0.1) is 10.5 Å². The van der Waals surface area contributed by atoms with Crippen molar-refractivity contribution in [3.8, 4) is 0 Å². The van der Waals surface area contributed by atoms with Crippen molar-refractivity contribution in [2.75, 3.05) is 0 Å². The second-order valence-electron chi connectivity index (χ2n) is 5.64. The molecule has 1 atom stereocenters. The fourth-order valence-corrected chi connectivity index (χ4v) is 3.55. The van der Waals surface area contributed by atoms with Gasteiger partial charge in [0, 0.05) is 3.57 Å². The number of halogens is 1. The third-order valence-electron chi connectivity index (χ3n) is 4.35. The molecule has 1 fully saturated rings. The molecule has 1 N–H and O–H groups in total. The molecule has 1 saturated carbocycles. The number of aliphatic hydroxyl groups excluding tert-OH is 1. The highest BCUT2D eigenvalue weighted by Crippen LogP contribution is 2.41. The van der Waals surface area contributed by atoms with Crippen LogP contribution in [-0.4, -0.2) is 5.11 Å². The molecule has 2 aromatic carbocycles. The van der Waals surface area contributed by atoms with Crippen molar-refractivity contribution in [1.82, 2.24) is 0 Å². The number of aliphatic hydroxyl groups is 1. The highest BCUT2D eigenvalue weighted by molar-refractivity contribution is 14.1. The van der Waals surface area contributed by atoms with Gasteiger partial charge in [0.2, 0.25) is 0 Å². The first-order valence-corrected chi connectivity index (χ1v) is 8.28. The summed E-state index contributed by atoms with van der Waals surface area (Å²) in [6.07, 6.45) is 3.32. The standard InChI is InChI=1S/C18H19IO/c1-12-6-4-11-16(17(12)19)18(20)15-10-3-2-9-14(15)13-7-5-8-13/h2-4,6,9-11,13,18,20H,5,7-8H2,1H3. The van der Waals surface area contributed by atoms with Crippen LogP contribution in [0.25, 0.3) is 0 Å². The van der Waals surface area contributed by atoms with Crippen molar-refractivity contribution in [2.45, 2.75) is 38.2 Å². The van der Waals surface area contributed by atoms with Crippen molar-refractivity contribution in [2.24, 2.45) is 0 Å². The lowest BCUT2D eigenvalue weighted by Crippen LogP contribution is -2.14. The zero-order valence-corrected chi connectivity index (χ0v) is 13.8. The molecule has 0 aromatic heterocycles. The predicted molar refractivity (Wildman–Crippen MR) is 91.0 cm³/mol. The van der Waals surface area contributed by atoms with Crippen molar-refractivity contribution in [1.29, 1.82) is 0 Å². The Kier molecular flexibility index (Phi) is 4.13. The molecule has 0 amide bonds. The highest BCUT2D eigenvalue weighted by Gasteiger charge is 2.25. The Morgan fingerprint density at radius 1 is 1.05 bits per heavy atom. The zero-order valence-electron chi connectivity index (χ0n) is 11.6. The Hall–Kier alpha value is -0.870. The van der Waals surface area contributed by atoms with Gasteiger partial charge in [-0.25, -0.2) is 0 Å². The molecule has 1 aliphatic carbocycles. The Labute approximate surface area is 134 Å². The molecule has 3 rings (SSSR count). The second kappa shape index (κ2) is 5.86. The van der Waals surface area contributed by atoms with E-state index in [1.54, 1.807) is 0 Å². The van der Waals surface area contributed by atoms with Crippen LogP contribution in [-0.2, 0) is 0 Å². The number of aryl methyl sites for hydroxylation is 1. The molecule has 1 aliphatic rings. The van der Waals surface area contributed by atoms with E-state index in [0.29, 0.717) is 5.92 Å². The lowest BCUT2D eigenvalue weighted by molar-refractivity contribution is 0.216. The zero-order chi connectivity index (χ0) is 14.1. The van der Waals surface area contributed by atoms with Crippen molar-refractivity contribution >= 4 is 22.6 Å². The van der Waals surface area contributed by atoms with Gasteiger partial charge < -0.3 is 5.11 Å². The number of benzene rings is 2. The fourth-order valence-electron chi connectivity index (χ4n) is 2.90. The minimum atomic E-state index is -0.515. The van der Waals surface area contributed by atoms with Crippen molar-refractivity contribution in [3.05, 3.63) is 68.3 Å². The molecule has 2 aromatic rings. The van der Waals surface area contributed by atoms with Crippen LogP contribution >= 0.6 is 22.6 Å². The van der Waals surface area contributed by atoms with E-state index >= 15 is 0 Å². The van der Waals surface area contributed by atoms with Crippen LogP contribution in [0.4, 0.5) is 0 Å². The van der Waals surface area contributed by atoms with Gasteiger partial charge in [-0.1, -0.05) is 48.9 Å². The summed E-state index contributed by atoms with van der Waals surface area (Å²) in [7, 11) is 0. The molecule has 20 heavy (non-hydrogen) atoms. The molecule has 2 heteroatoms. The second-order valence-corrected chi connectivity index (χ2v) is 6.72. The molecule has 0 radical (unpaired) electrons. The monoisotopic (exact) mass is 378 g/mol. The molecular formula is C18H19IO. The fraction of sp³-hybridized carbons (Fsp3) is 0.333. The van der Waals surface area contributed by atoms with Crippen LogP contribution < -0.4 is 0 Å². The van der Waals surface area contributed by atoms with Gasteiger partial charge in [-0.05, 0) is 70.5 Å². The summed E-state index contributed by atoms with van der Waals surface area (Å²) in [5, 5.41) is 10.8. The Bertz CT molecular complexity index is 617. The largest absolute Gasteiger partial charge is 0.384 e. The third-order valence-corrected chi connectivity index (χ3v) is 5.83. The van der Waals surface area contributed by atoms with Gasteiger partial charge in [0.05, 0.1) is 0 Å². The lowest BCUT2D eigenvalue weighted by atomic mass is 9.77. The normalized spacial score (nSPS) is 16.8. The summed E-state index contributed by atoms with van der Waals surface area (Å²) >= 11 is 2.34. The summed E-state index contributed by atoms with van der Waals surface area (Å²) in [5.74, 6) is 0.642. The van der Waals surface area contributed by atoms with Gasteiger partial charge in [-0.15, -0.1) is 0 Å². The highest BCUT2D eigenvalue weighted by atomic mass is 127. The van der Waals surface area contributed by atoms with E-state index in [0.717, 1.165) is 11.1 Å². The molecule has 104 valence electrons. The smallest absolute Gasteiger partial charge is 0.105 e. The van der Waals surface area contributed by atoms with Crippen LogP contribution in [0.5, 0.6) is 0 Å². The first kappa shape index (κ1) is 14.1. The van der Waals surface area contributed by atoms with Gasteiger partial charge in [-0.3, -0.25) is 0 Å². The quantitative estimate of drug-likeness (QED) is 0.750. The average Bonchev–Trinajstić information content (AvgIpc) is 2.40. The van der Waals surface area contributed by atoms with Crippen LogP contribution in [0.15, 0.2) is 42.5 Å².